The number of sulfonamides is 1. The first-order valence-corrected chi connectivity index (χ1v) is 6.45. The summed E-state index contributed by atoms with van der Waals surface area (Å²) in [5.41, 5.74) is -0.133. The van der Waals surface area contributed by atoms with Crippen LogP contribution in [0.4, 0.5) is 10.1 Å². The maximum absolute atomic E-state index is 13.2. The van der Waals surface area contributed by atoms with Gasteiger partial charge in [0.2, 0.25) is 10.0 Å². The summed E-state index contributed by atoms with van der Waals surface area (Å²) in [4.78, 5) is 0. The fourth-order valence-electron chi connectivity index (χ4n) is 0.911. The average Bonchev–Trinajstić information content (AvgIpc) is 2.09. The van der Waals surface area contributed by atoms with Gasteiger partial charge < -0.3 is 5.11 Å². The molecular weight excluding hydrogens is 289 g/mol. The molecule has 0 saturated carbocycles. The Morgan fingerprint density at radius 1 is 1.47 bits per heavy atom. The molecule has 0 spiro atoms. The van der Waals surface area contributed by atoms with Gasteiger partial charge in [-0.05, 0) is 18.2 Å². The summed E-state index contributed by atoms with van der Waals surface area (Å²) in [6.07, 6.45) is 0. The third kappa shape index (κ3) is 3.77. The second-order valence-electron chi connectivity index (χ2n) is 2.77. The van der Waals surface area contributed by atoms with E-state index in [0.717, 1.165) is 6.07 Å². The van der Waals surface area contributed by atoms with Crippen molar-refractivity contribution in [3.05, 3.63) is 28.5 Å². The monoisotopic (exact) mass is 297 g/mol. The molecule has 15 heavy (non-hydrogen) atoms. The van der Waals surface area contributed by atoms with E-state index in [0.29, 0.717) is 4.47 Å². The Balaban J connectivity index is 2.90. The van der Waals surface area contributed by atoms with Crippen molar-refractivity contribution >= 4 is 31.6 Å². The largest absolute Gasteiger partial charge is 0.395 e. The number of halogens is 2. The molecule has 2 N–H and O–H groups in total. The molecule has 84 valence electrons. The minimum Gasteiger partial charge on any atom is -0.395 e. The van der Waals surface area contributed by atoms with Gasteiger partial charge in [0.05, 0.1) is 18.0 Å². The van der Waals surface area contributed by atoms with Crippen molar-refractivity contribution in [1.82, 2.24) is 0 Å². The van der Waals surface area contributed by atoms with Gasteiger partial charge >= 0.3 is 0 Å². The number of rotatable bonds is 4. The average molecular weight is 298 g/mol. The number of aliphatic hydroxyl groups is 1. The standard InChI is InChI=1S/C8H9BrFNO3S/c9-6-1-2-8(7(10)5-6)11-15(13,14)4-3-12/h1-2,5,11-12H,3-4H2. The Labute approximate surface area is 95.3 Å². The topological polar surface area (TPSA) is 66.4 Å². The maximum atomic E-state index is 13.2. The Kier molecular flexibility index (Phi) is 4.06. The number of benzene rings is 1. The quantitative estimate of drug-likeness (QED) is 0.881. The number of hydrogen-bond acceptors (Lipinski definition) is 3. The lowest BCUT2D eigenvalue weighted by Gasteiger charge is -2.07. The molecule has 1 rings (SSSR count). The van der Waals surface area contributed by atoms with Crippen LogP contribution in [0.1, 0.15) is 0 Å². The zero-order valence-electron chi connectivity index (χ0n) is 7.57. The number of aliphatic hydroxyl groups excluding tert-OH is 1. The van der Waals surface area contributed by atoms with E-state index in [-0.39, 0.29) is 5.69 Å². The van der Waals surface area contributed by atoms with Gasteiger partial charge in [-0.25, -0.2) is 12.8 Å². The van der Waals surface area contributed by atoms with Crippen LogP contribution >= 0.6 is 15.9 Å². The van der Waals surface area contributed by atoms with E-state index in [9.17, 15) is 12.8 Å². The summed E-state index contributed by atoms with van der Waals surface area (Å²) in [6, 6.07) is 3.96. The molecule has 0 bridgehead atoms. The third-order valence-electron chi connectivity index (χ3n) is 1.56. The van der Waals surface area contributed by atoms with Crippen LogP contribution in [-0.4, -0.2) is 25.9 Å². The second kappa shape index (κ2) is 4.91. The zero-order valence-corrected chi connectivity index (χ0v) is 9.98. The molecule has 0 heterocycles. The Bertz CT molecular complexity index is 449. The zero-order chi connectivity index (χ0) is 11.5. The van der Waals surface area contributed by atoms with Gasteiger partial charge in [0.15, 0.2) is 0 Å². The molecule has 1 aromatic carbocycles. The summed E-state index contributed by atoms with van der Waals surface area (Å²) in [5.74, 6) is -1.13. The molecule has 7 heteroatoms. The molecule has 0 radical (unpaired) electrons. The van der Waals surface area contributed by atoms with Crippen LogP contribution in [0.25, 0.3) is 0 Å². The smallest absolute Gasteiger partial charge is 0.235 e. The number of nitrogens with one attached hydrogen (secondary N) is 1. The minimum atomic E-state index is -3.68. The van der Waals surface area contributed by atoms with E-state index in [1.54, 1.807) is 0 Å². The van der Waals surface area contributed by atoms with Crippen molar-refractivity contribution in [2.24, 2.45) is 0 Å². The van der Waals surface area contributed by atoms with Gasteiger partial charge in [0.1, 0.15) is 5.82 Å². The highest BCUT2D eigenvalue weighted by Crippen LogP contribution is 2.20. The molecule has 0 aliphatic carbocycles. The summed E-state index contributed by atoms with van der Waals surface area (Å²) in [5, 5.41) is 8.47. The lowest BCUT2D eigenvalue weighted by molar-refractivity contribution is 0.320. The lowest BCUT2D eigenvalue weighted by atomic mass is 10.3. The molecule has 0 aromatic heterocycles. The van der Waals surface area contributed by atoms with E-state index in [4.69, 9.17) is 5.11 Å². The van der Waals surface area contributed by atoms with Crippen molar-refractivity contribution in [3.8, 4) is 0 Å². The predicted octanol–water partition coefficient (Wildman–Crippen LogP) is 1.32. The van der Waals surface area contributed by atoms with Crippen LogP contribution in [0.3, 0.4) is 0 Å². The number of anilines is 1. The van der Waals surface area contributed by atoms with Gasteiger partial charge in [0, 0.05) is 4.47 Å². The van der Waals surface area contributed by atoms with Gasteiger partial charge in [-0.15, -0.1) is 0 Å². The predicted molar refractivity (Wildman–Crippen MR) is 58.6 cm³/mol. The van der Waals surface area contributed by atoms with E-state index in [1.165, 1.54) is 12.1 Å². The van der Waals surface area contributed by atoms with Gasteiger partial charge in [-0.1, -0.05) is 15.9 Å². The molecule has 0 unspecified atom stereocenters. The highest BCUT2D eigenvalue weighted by Gasteiger charge is 2.12. The van der Waals surface area contributed by atoms with Gasteiger partial charge in [-0.2, -0.15) is 0 Å². The Hall–Kier alpha value is -0.660. The molecule has 4 nitrogen and oxygen atoms in total. The number of hydrogen-bond donors (Lipinski definition) is 2. The third-order valence-corrected chi connectivity index (χ3v) is 3.30. The first kappa shape index (κ1) is 12.4. The summed E-state index contributed by atoms with van der Waals surface area (Å²) in [7, 11) is -3.68. The van der Waals surface area contributed by atoms with Crippen molar-refractivity contribution in [2.45, 2.75) is 0 Å². The molecule has 0 aliphatic rings. The van der Waals surface area contributed by atoms with E-state index < -0.39 is 28.2 Å². The van der Waals surface area contributed by atoms with Crippen LogP contribution in [0.15, 0.2) is 22.7 Å². The molecule has 0 fully saturated rings. The van der Waals surface area contributed by atoms with Gasteiger partial charge in [-0.3, -0.25) is 4.72 Å². The normalized spacial score (nSPS) is 11.4. The van der Waals surface area contributed by atoms with Crippen molar-refractivity contribution in [3.63, 3.8) is 0 Å². The van der Waals surface area contributed by atoms with Crippen molar-refractivity contribution in [2.75, 3.05) is 17.1 Å². The molecular formula is C8H9BrFNO3S. The summed E-state index contributed by atoms with van der Waals surface area (Å²) in [6.45, 7) is -0.506. The molecule has 1 aromatic rings. The highest BCUT2D eigenvalue weighted by molar-refractivity contribution is 9.10. The van der Waals surface area contributed by atoms with Crippen LogP contribution in [0.5, 0.6) is 0 Å². The van der Waals surface area contributed by atoms with E-state index >= 15 is 0 Å². The van der Waals surface area contributed by atoms with Crippen LogP contribution in [0.2, 0.25) is 0 Å². The van der Waals surface area contributed by atoms with Crippen LogP contribution in [-0.2, 0) is 10.0 Å². The Morgan fingerprint density at radius 3 is 2.67 bits per heavy atom. The van der Waals surface area contributed by atoms with E-state index in [2.05, 4.69) is 15.9 Å². The molecule has 0 atom stereocenters. The highest BCUT2D eigenvalue weighted by atomic mass is 79.9. The Morgan fingerprint density at radius 2 is 2.13 bits per heavy atom. The maximum Gasteiger partial charge on any atom is 0.235 e. The second-order valence-corrected chi connectivity index (χ2v) is 5.53. The van der Waals surface area contributed by atoms with Crippen LogP contribution in [0, 0.1) is 5.82 Å². The van der Waals surface area contributed by atoms with Crippen LogP contribution < -0.4 is 4.72 Å². The first-order valence-electron chi connectivity index (χ1n) is 4.01. The first-order chi connectivity index (χ1) is 6.94. The molecule has 0 aliphatic heterocycles. The summed E-state index contributed by atoms with van der Waals surface area (Å²) < 4.78 is 38.1. The van der Waals surface area contributed by atoms with Crippen molar-refractivity contribution in [1.29, 1.82) is 0 Å². The summed E-state index contributed by atoms with van der Waals surface area (Å²) >= 11 is 3.05. The minimum absolute atomic E-state index is 0.133. The fourth-order valence-corrected chi connectivity index (χ4v) is 2.09. The fraction of sp³-hybridized carbons (Fsp3) is 0.250. The molecule has 0 amide bonds. The van der Waals surface area contributed by atoms with Gasteiger partial charge in [0.25, 0.3) is 0 Å². The SMILES string of the molecule is O=S(=O)(CCO)Nc1ccc(Br)cc1F. The molecule has 0 saturated heterocycles. The lowest BCUT2D eigenvalue weighted by Crippen LogP contribution is -2.19. The van der Waals surface area contributed by atoms with Crippen molar-refractivity contribution < 1.29 is 17.9 Å². The van der Waals surface area contributed by atoms with E-state index in [1.807, 2.05) is 4.72 Å².